The third-order valence-electron chi connectivity index (χ3n) is 3.02. The van der Waals surface area contributed by atoms with Gasteiger partial charge in [-0.3, -0.25) is 0 Å². The molecule has 0 amide bonds. The number of aliphatic hydroxyl groups is 1. The Bertz CT molecular complexity index is 297. The highest BCUT2D eigenvalue weighted by Gasteiger charge is 2.44. The van der Waals surface area contributed by atoms with Crippen LogP contribution >= 0.6 is 0 Å². The summed E-state index contributed by atoms with van der Waals surface area (Å²) >= 11 is 0. The zero-order valence-corrected chi connectivity index (χ0v) is 8.50. The molecule has 0 bridgehead atoms. The van der Waals surface area contributed by atoms with Crippen LogP contribution in [0.15, 0.2) is 0 Å². The van der Waals surface area contributed by atoms with Crippen molar-refractivity contribution < 1.29 is 13.5 Å². The molecule has 0 spiro atoms. The fraction of sp³-hybridized carbons (Fsp3) is 1.00. The molecule has 1 N–H and O–H groups in total. The van der Waals surface area contributed by atoms with Gasteiger partial charge in [0, 0.05) is 7.05 Å². The predicted molar refractivity (Wildman–Crippen MR) is 48.7 cm³/mol. The Kier molecular flexibility index (Phi) is 2.13. The lowest BCUT2D eigenvalue weighted by Crippen LogP contribution is -2.51. The molecule has 5 heteroatoms. The van der Waals surface area contributed by atoms with E-state index in [1.807, 2.05) is 0 Å². The summed E-state index contributed by atoms with van der Waals surface area (Å²) in [4.78, 5) is 0. The Morgan fingerprint density at radius 3 is 2.15 bits per heavy atom. The second-order valence-electron chi connectivity index (χ2n) is 3.97. The van der Waals surface area contributed by atoms with Crippen molar-refractivity contribution in [3.8, 4) is 0 Å². The lowest BCUT2D eigenvalue weighted by atomic mass is 9.89. The first-order chi connectivity index (χ1) is 6.03. The molecule has 0 saturated heterocycles. The summed E-state index contributed by atoms with van der Waals surface area (Å²) in [6.07, 6.45) is 2.66. The monoisotopic (exact) mass is 205 g/mol. The highest BCUT2D eigenvalue weighted by Crippen LogP contribution is 2.35. The number of sulfonamides is 1. The van der Waals surface area contributed by atoms with Crippen molar-refractivity contribution in [2.45, 2.75) is 43.1 Å². The van der Waals surface area contributed by atoms with E-state index in [-0.39, 0.29) is 11.3 Å². The molecule has 0 heterocycles. The molecule has 13 heavy (non-hydrogen) atoms. The summed E-state index contributed by atoms with van der Waals surface area (Å²) in [6, 6.07) is -0.161. The standard InChI is InChI=1S/C8H15NO3S/c1-9(7-4-5-8(7)10)13(11,12)6-2-3-6/h6-8,10H,2-5H2,1H3. The van der Waals surface area contributed by atoms with Gasteiger partial charge in [0.2, 0.25) is 10.0 Å². The van der Waals surface area contributed by atoms with E-state index in [0.29, 0.717) is 0 Å². The van der Waals surface area contributed by atoms with E-state index in [0.717, 1.165) is 25.7 Å². The molecule has 2 rings (SSSR count). The first-order valence-corrected chi connectivity index (χ1v) is 6.18. The molecule has 2 aliphatic rings. The van der Waals surface area contributed by atoms with Crippen LogP contribution < -0.4 is 0 Å². The van der Waals surface area contributed by atoms with Gasteiger partial charge in [-0.25, -0.2) is 8.42 Å². The van der Waals surface area contributed by atoms with E-state index < -0.39 is 16.1 Å². The van der Waals surface area contributed by atoms with Crippen molar-refractivity contribution in [2.24, 2.45) is 0 Å². The Hall–Kier alpha value is -0.130. The third-order valence-corrected chi connectivity index (χ3v) is 5.40. The highest BCUT2D eigenvalue weighted by atomic mass is 32.2. The molecule has 0 radical (unpaired) electrons. The summed E-state index contributed by atoms with van der Waals surface area (Å²) in [5.74, 6) is 0. The van der Waals surface area contributed by atoms with Crippen LogP contribution in [0, 0.1) is 0 Å². The van der Waals surface area contributed by atoms with Gasteiger partial charge in [-0.1, -0.05) is 0 Å². The second kappa shape index (κ2) is 2.93. The van der Waals surface area contributed by atoms with E-state index in [4.69, 9.17) is 0 Å². The molecule has 2 saturated carbocycles. The molecular weight excluding hydrogens is 190 g/mol. The first-order valence-electron chi connectivity index (χ1n) is 4.68. The number of hydrogen-bond donors (Lipinski definition) is 1. The summed E-state index contributed by atoms with van der Waals surface area (Å²) in [7, 11) is -1.50. The fourth-order valence-electron chi connectivity index (χ4n) is 1.68. The van der Waals surface area contributed by atoms with Crippen molar-refractivity contribution in [3.63, 3.8) is 0 Å². The van der Waals surface area contributed by atoms with E-state index in [1.54, 1.807) is 7.05 Å². The zero-order valence-electron chi connectivity index (χ0n) is 7.68. The van der Waals surface area contributed by atoms with Gasteiger partial charge in [0.25, 0.3) is 0 Å². The Balaban J connectivity index is 2.07. The van der Waals surface area contributed by atoms with Crippen LogP contribution in [0.4, 0.5) is 0 Å². The normalized spacial score (nSPS) is 34.7. The predicted octanol–water partition coefficient (Wildman–Crippen LogP) is -0.0663. The Morgan fingerprint density at radius 1 is 1.23 bits per heavy atom. The summed E-state index contributed by atoms with van der Waals surface area (Å²) < 4.78 is 24.7. The van der Waals surface area contributed by atoms with Crippen LogP contribution in [0.5, 0.6) is 0 Å². The minimum Gasteiger partial charge on any atom is -0.391 e. The van der Waals surface area contributed by atoms with E-state index in [1.165, 1.54) is 4.31 Å². The van der Waals surface area contributed by atoms with Crippen LogP contribution in [-0.2, 0) is 10.0 Å². The molecule has 2 atom stereocenters. The number of nitrogens with zero attached hydrogens (tertiary/aromatic N) is 1. The summed E-state index contributed by atoms with van der Waals surface area (Å²) in [5, 5.41) is 9.18. The molecule has 0 aromatic carbocycles. The van der Waals surface area contributed by atoms with E-state index in [2.05, 4.69) is 0 Å². The van der Waals surface area contributed by atoms with Crippen molar-refractivity contribution in [2.75, 3.05) is 7.05 Å². The fourth-order valence-corrected chi connectivity index (χ4v) is 3.50. The van der Waals surface area contributed by atoms with E-state index in [9.17, 15) is 13.5 Å². The maximum absolute atomic E-state index is 11.7. The summed E-state index contributed by atoms with van der Waals surface area (Å²) in [5.41, 5.74) is 0. The Morgan fingerprint density at radius 2 is 1.85 bits per heavy atom. The van der Waals surface area contributed by atoms with E-state index >= 15 is 0 Å². The number of hydrogen-bond acceptors (Lipinski definition) is 3. The van der Waals surface area contributed by atoms with Gasteiger partial charge in [0.05, 0.1) is 17.4 Å². The Labute approximate surface area is 78.6 Å². The maximum Gasteiger partial charge on any atom is 0.217 e. The van der Waals surface area contributed by atoms with Crippen molar-refractivity contribution in [1.29, 1.82) is 0 Å². The molecule has 0 aromatic heterocycles. The second-order valence-corrected chi connectivity index (χ2v) is 6.25. The maximum atomic E-state index is 11.7. The molecular formula is C8H15NO3S. The van der Waals surface area contributed by atoms with Crippen LogP contribution in [0.1, 0.15) is 25.7 Å². The molecule has 2 unspecified atom stereocenters. The minimum absolute atomic E-state index is 0.161. The van der Waals surface area contributed by atoms with Crippen LogP contribution in [0.3, 0.4) is 0 Å². The SMILES string of the molecule is CN(C1CCC1O)S(=O)(=O)C1CC1. The zero-order chi connectivity index (χ0) is 9.64. The van der Waals surface area contributed by atoms with Crippen molar-refractivity contribution in [1.82, 2.24) is 4.31 Å². The number of aliphatic hydroxyl groups excluding tert-OH is 1. The summed E-state index contributed by atoms with van der Waals surface area (Å²) in [6.45, 7) is 0. The van der Waals surface area contributed by atoms with Gasteiger partial charge in [0.15, 0.2) is 0 Å². The quantitative estimate of drug-likeness (QED) is 0.702. The lowest BCUT2D eigenvalue weighted by molar-refractivity contribution is 0.0210. The van der Waals surface area contributed by atoms with Gasteiger partial charge < -0.3 is 5.11 Å². The topological polar surface area (TPSA) is 57.6 Å². The average Bonchev–Trinajstić information content (AvgIpc) is 2.83. The highest BCUT2D eigenvalue weighted by molar-refractivity contribution is 7.90. The van der Waals surface area contributed by atoms with Gasteiger partial charge in [0.1, 0.15) is 0 Å². The van der Waals surface area contributed by atoms with Gasteiger partial charge >= 0.3 is 0 Å². The molecule has 4 nitrogen and oxygen atoms in total. The first kappa shape index (κ1) is 9.43. The molecule has 0 aromatic rings. The number of likely N-dealkylation sites (N-methyl/N-ethyl adjacent to an activating group) is 1. The smallest absolute Gasteiger partial charge is 0.217 e. The van der Waals surface area contributed by atoms with Crippen LogP contribution in [-0.4, -0.2) is 42.3 Å². The van der Waals surface area contributed by atoms with Crippen LogP contribution in [0.2, 0.25) is 0 Å². The third kappa shape index (κ3) is 1.49. The average molecular weight is 205 g/mol. The molecule has 2 aliphatic carbocycles. The number of rotatable bonds is 3. The van der Waals surface area contributed by atoms with Gasteiger partial charge in [-0.05, 0) is 25.7 Å². The molecule has 0 aliphatic heterocycles. The molecule has 2 fully saturated rings. The van der Waals surface area contributed by atoms with Crippen LogP contribution in [0.25, 0.3) is 0 Å². The molecule has 76 valence electrons. The van der Waals surface area contributed by atoms with Crippen molar-refractivity contribution in [3.05, 3.63) is 0 Å². The van der Waals surface area contributed by atoms with Gasteiger partial charge in [-0.2, -0.15) is 4.31 Å². The van der Waals surface area contributed by atoms with Gasteiger partial charge in [-0.15, -0.1) is 0 Å². The minimum atomic E-state index is -3.09. The largest absolute Gasteiger partial charge is 0.391 e. The van der Waals surface area contributed by atoms with Crippen molar-refractivity contribution >= 4 is 10.0 Å². The lowest BCUT2D eigenvalue weighted by Gasteiger charge is -2.38.